The van der Waals surface area contributed by atoms with Crippen molar-refractivity contribution < 1.29 is 13.6 Å². The number of carbonyl (C=O) groups is 1. The molecular formula is C19H19F2N5O. The number of anilines is 1. The van der Waals surface area contributed by atoms with Gasteiger partial charge in [0.2, 0.25) is 11.9 Å². The minimum absolute atomic E-state index is 0.0349. The normalized spacial score (nSPS) is 17.3. The molecule has 1 saturated heterocycles. The van der Waals surface area contributed by atoms with Crippen molar-refractivity contribution in [2.45, 2.75) is 19.4 Å². The topological polar surface area (TPSA) is 62.5 Å². The van der Waals surface area contributed by atoms with Crippen LogP contribution in [-0.4, -0.2) is 33.6 Å². The van der Waals surface area contributed by atoms with E-state index >= 15 is 0 Å². The maximum Gasteiger partial charge on any atom is 0.231 e. The fourth-order valence-corrected chi connectivity index (χ4v) is 3.42. The molecule has 1 aliphatic heterocycles. The molecule has 4 rings (SSSR count). The monoisotopic (exact) mass is 371 g/mol. The molecule has 1 amide bonds. The summed E-state index contributed by atoms with van der Waals surface area (Å²) in [7, 11) is 0. The Morgan fingerprint density at radius 1 is 1.22 bits per heavy atom. The minimum atomic E-state index is -0.531. The van der Waals surface area contributed by atoms with E-state index in [0.717, 1.165) is 43.2 Å². The molecule has 1 aliphatic rings. The third-order valence-electron chi connectivity index (χ3n) is 4.83. The van der Waals surface area contributed by atoms with Gasteiger partial charge in [-0.1, -0.05) is 6.07 Å². The van der Waals surface area contributed by atoms with Crippen molar-refractivity contribution in [3.8, 4) is 0 Å². The Morgan fingerprint density at radius 2 is 2.11 bits per heavy atom. The highest BCUT2D eigenvalue weighted by Gasteiger charge is 2.28. The Morgan fingerprint density at radius 3 is 3.00 bits per heavy atom. The lowest BCUT2D eigenvalue weighted by Crippen LogP contribution is -2.43. The summed E-state index contributed by atoms with van der Waals surface area (Å²) in [6, 6.07) is 8.90. The van der Waals surface area contributed by atoms with Gasteiger partial charge in [-0.3, -0.25) is 9.20 Å². The SMILES string of the molecule is O=C(NCc1cc(F)ccc1F)[C@@H]1CCCN(c2nnc3ccccn23)C1. The Hall–Kier alpha value is -3.03. The number of rotatable bonds is 4. The standard InChI is InChI=1S/C19H19F2N5O/c20-15-6-7-16(21)14(10-15)11-22-18(27)13-4-3-8-25(12-13)19-24-23-17-5-1-2-9-26(17)19/h1-2,5-7,9-10,13H,3-4,8,11-12H2,(H,22,27)/t13-/m1/s1. The second kappa shape index (κ2) is 7.30. The van der Waals surface area contributed by atoms with Gasteiger partial charge in [0.25, 0.3) is 0 Å². The molecule has 1 aromatic carbocycles. The molecule has 8 heteroatoms. The van der Waals surface area contributed by atoms with Crippen LogP contribution in [0.15, 0.2) is 42.6 Å². The Kier molecular flexibility index (Phi) is 4.70. The fourth-order valence-electron chi connectivity index (χ4n) is 3.42. The second-order valence-electron chi connectivity index (χ2n) is 6.67. The van der Waals surface area contributed by atoms with Crippen LogP contribution in [0.1, 0.15) is 18.4 Å². The number of amides is 1. The zero-order valence-electron chi connectivity index (χ0n) is 14.6. The maximum absolute atomic E-state index is 13.7. The largest absolute Gasteiger partial charge is 0.352 e. The number of fused-ring (bicyclic) bond motifs is 1. The summed E-state index contributed by atoms with van der Waals surface area (Å²) in [5.74, 6) is -0.761. The number of benzene rings is 1. The van der Waals surface area contributed by atoms with Crippen molar-refractivity contribution in [2.75, 3.05) is 18.0 Å². The van der Waals surface area contributed by atoms with Crippen molar-refractivity contribution in [3.63, 3.8) is 0 Å². The van der Waals surface area contributed by atoms with Gasteiger partial charge in [0.1, 0.15) is 11.6 Å². The van der Waals surface area contributed by atoms with E-state index in [0.29, 0.717) is 12.5 Å². The van der Waals surface area contributed by atoms with Gasteiger partial charge in [-0.15, -0.1) is 10.2 Å². The summed E-state index contributed by atoms with van der Waals surface area (Å²) < 4.78 is 28.9. The summed E-state index contributed by atoms with van der Waals surface area (Å²) >= 11 is 0. The van der Waals surface area contributed by atoms with Crippen LogP contribution in [0.5, 0.6) is 0 Å². The average molecular weight is 371 g/mol. The highest BCUT2D eigenvalue weighted by molar-refractivity contribution is 5.79. The molecule has 0 aliphatic carbocycles. The molecule has 140 valence electrons. The van der Waals surface area contributed by atoms with Crippen molar-refractivity contribution in [2.24, 2.45) is 5.92 Å². The first-order valence-electron chi connectivity index (χ1n) is 8.88. The molecule has 0 bridgehead atoms. The number of halogens is 2. The van der Waals surface area contributed by atoms with Gasteiger partial charge in [0.05, 0.1) is 5.92 Å². The predicted octanol–water partition coefficient (Wildman–Crippen LogP) is 2.54. The zero-order chi connectivity index (χ0) is 18.8. The van der Waals surface area contributed by atoms with Crippen LogP contribution in [0, 0.1) is 17.6 Å². The average Bonchev–Trinajstić information content (AvgIpc) is 3.13. The summed E-state index contributed by atoms with van der Waals surface area (Å²) in [6.07, 6.45) is 3.47. The maximum atomic E-state index is 13.7. The predicted molar refractivity (Wildman–Crippen MR) is 96.1 cm³/mol. The Balaban J connectivity index is 1.43. The summed E-state index contributed by atoms with van der Waals surface area (Å²) in [5, 5.41) is 11.1. The third-order valence-corrected chi connectivity index (χ3v) is 4.83. The summed E-state index contributed by atoms with van der Waals surface area (Å²) in [4.78, 5) is 14.6. The Bertz CT molecular complexity index is 974. The number of carbonyl (C=O) groups excluding carboxylic acids is 1. The number of nitrogens with one attached hydrogen (secondary N) is 1. The molecule has 0 spiro atoms. The zero-order valence-corrected chi connectivity index (χ0v) is 14.6. The van der Waals surface area contributed by atoms with Gasteiger partial charge < -0.3 is 10.2 Å². The molecule has 27 heavy (non-hydrogen) atoms. The van der Waals surface area contributed by atoms with Crippen LogP contribution < -0.4 is 10.2 Å². The van der Waals surface area contributed by atoms with Gasteiger partial charge >= 0.3 is 0 Å². The lowest BCUT2D eigenvalue weighted by atomic mass is 9.97. The van der Waals surface area contributed by atoms with Crippen LogP contribution in [0.4, 0.5) is 14.7 Å². The first-order valence-corrected chi connectivity index (χ1v) is 8.88. The van der Waals surface area contributed by atoms with E-state index < -0.39 is 11.6 Å². The van der Waals surface area contributed by atoms with Crippen LogP contribution in [-0.2, 0) is 11.3 Å². The van der Waals surface area contributed by atoms with Gasteiger partial charge in [0.15, 0.2) is 5.65 Å². The fraction of sp³-hybridized carbons (Fsp3) is 0.316. The number of aromatic nitrogens is 3. The number of pyridine rings is 1. The van der Waals surface area contributed by atoms with Crippen LogP contribution in [0.2, 0.25) is 0 Å². The molecule has 3 aromatic rings. The first kappa shape index (κ1) is 17.4. The quantitative estimate of drug-likeness (QED) is 0.766. The van der Waals surface area contributed by atoms with Gasteiger partial charge in [0, 0.05) is 31.4 Å². The van der Waals surface area contributed by atoms with E-state index in [4.69, 9.17) is 0 Å². The van der Waals surface area contributed by atoms with E-state index in [9.17, 15) is 13.6 Å². The van der Waals surface area contributed by atoms with Crippen molar-refractivity contribution in [1.82, 2.24) is 19.9 Å². The summed E-state index contributed by atoms with van der Waals surface area (Å²) in [6.45, 7) is 1.26. The molecular weight excluding hydrogens is 352 g/mol. The van der Waals surface area contributed by atoms with E-state index in [1.54, 1.807) is 0 Å². The van der Waals surface area contributed by atoms with Gasteiger partial charge in [-0.05, 0) is 43.2 Å². The number of hydrogen-bond acceptors (Lipinski definition) is 4. The highest BCUT2D eigenvalue weighted by Crippen LogP contribution is 2.22. The molecule has 0 radical (unpaired) electrons. The van der Waals surface area contributed by atoms with Crippen LogP contribution >= 0.6 is 0 Å². The van der Waals surface area contributed by atoms with Crippen LogP contribution in [0.3, 0.4) is 0 Å². The first-order chi connectivity index (χ1) is 13.1. The Labute approximate surface area is 154 Å². The van der Waals surface area contributed by atoms with E-state index in [2.05, 4.69) is 15.5 Å². The molecule has 1 fully saturated rings. The second-order valence-corrected chi connectivity index (χ2v) is 6.67. The molecule has 6 nitrogen and oxygen atoms in total. The number of piperidine rings is 1. The van der Waals surface area contributed by atoms with Crippen molar-refractivity contribution >= 4 is 17.5 Å². The molecule has 3 heterocycles. The molecule has 0 saturated carbocycles. The number of nitrogens with zero attached hydrogens (tertiary/aromatic N) is 4. The lowest BCUT2D eigenvalue weighted by Gasteiger charge is -2.32. The van der Waals surface area contributed by atoms with Crippen LogP contribution in [0.25, 0.3) is 5.65 Å². The smallest absolute Gasteiger partial charge is 0.231 e. The molecule has 1 atom stereocenters. The molecule has 2 aromatic heterocycles. The van der Waals surface area contributed by atoms with E-state index in [1.807, 2.05) is 33.7 Å². The molecule has 0 unspecified atom stereocenters. The van der Waals surface area contributed by atoms with Crippen molar-refractivity contribution in [3.05, 3.63) is 59.8 Å². The third kappa shape index (κ3) is 3.60. The molecule has 1 N–H and O–H groups in total. The summed E-state index contributed by atoms with van der Waals surface area (Å²) in [5.41, 5.74) is 0.889. The lowest BCUT2D eigenvalue weighted by molar-refractivity contribution is -0.125. The van der Waals surface area contributed by atoms with Gasteiger partial charge in [-0.2, -0.15) is 0 Å². The highest BCUT2D eigenvalue weighted by atomic mass is 19.1. The van der Waals surface area contributed by atoms with E-state index in [-0.39, 0.29) is 23.9 Å². The van der Waals surface area contributed by atoms with E-state index in [1.165, 1.54) is 0 Å². The minimum Gasteiger partial charge on any atom is -0.352 e. The number of hydrogen-bond donors (Lipinski definition) is 1. The van der Waals surface area contributed by atoms with Crippen molar-refractivity contribution in [1.29, 1.82) is 0 Å². The van der Waals surface area contributed by atoms with Gasteiger partial charge in [-0.25, -0.2) is 8.78 Å².